The lowest BCUT2D eigenvalue weighted by Crippen LogP contribution is -2.14. The van der Waals surface area contributed by atoms with Gasteiger partial charge < -0.3 is 4.98 Å². The molecule has 4 heteroatoms. The first kappa shape index (κ1) is 12.3. The van der Waals surface area contributed by atoms with Crippen molar-refractivity contribution < 1.29 is 0 Å². The average molecular weight is 291 g/mol. The minimum absolute atomic E-state index is 0.657. The Morgan fingerprint density at radius 1 is 1.05 bits per heavy atom. The van der Waals surface area contributed by atoms with Crippen LogP contribution in [0.1, 0.15) is 16.7 Å². The molecule has 2 aromatic carbocycles. The Morgan fingerprint density at radius 2 is 1.86 bits per heavy atom. The molecule has 0 atom stereocenters. The molecule has 2 heterocycles. The van der Waals surface area contributed by atoms with Crippen LogP contribution < -0.4 is 5.43 Å². The second-order valence-corrected chi connectivity index (χ2v) is 5.62. The van der Waals surface area contributed by atoms with E-state index in [0.717, 1.165) is 33.3 Å². The number of hydrogen-bond acceptors (Lipinski definition) is 2. The maximum absolute atomic E-state index is 5.38. The molecule has 0 radical (unpaired) electrons. The van der Waals surface area contributed by atoms with Gasteiger partial charge in [-0.2, -0.15) is 5.10 Å². The molecule has 0 spiro atoms. The summed E-state index contributed by atoms with van der Waals surface area (Å²) in [6.45, 7) is 2.09. The molecule has 21 heavy (non-hydrogen) atoms. The van der Waals surface area contributed by atoms with Crippen molar-refractivity contribution in [1.82, 2.24) is 10.4 Å². The number of aryl methyl sites for hydroxylation is 1. The van der Waals surface area contributed by atoms with Crippen LogP contribution in [0.3, 0.4) is 0 Å². The molecule has 1 aliphatic heterocycles. The fourth-order valence-electron chi connectivity index (χ4n) is 2.76. The molecule has 0 unspecified atom stereocenters. The number of hydrazone groups is 1. The Balaban J connectivity index is 2.06. The highest BCUT2D eigenvalue weighted by Crippen LogP contribution is 2.32. The lowest BCUT2D eigenvalue weighted by molar-refractivity contribution is 1.06. The molecular formula is C17H13N3S. The molecule has 2 N–H and O–H groups in total. The first-order valence-electron chi connectivity index (χ1n) is 6.79. The third kappa shape index (κ3) is 1.87. The summed E-state index contributed by atoms with van der Waals surface area (Å²) in [4.78, 5) is 4.16. The minimum Gasteiger partial charge on any atom is -0.354 e. The highest BCUT2D eigenvalue weighted by Gasteiger charge is 2.18. The normalized spacial score (nSPS) is 13.3. The van der Waals surface area contributed by atoms with E-state index in [2.05, 4.69) is 52.8 Å². The van der Waals surface area contributed by atoms with Crippen molar-refractivity contribution >= 4 is 34.3 Å². The van der Waals surface area contributed by atoms with Crippen molar-refractivity contribution in [2.45, 2.75) is 6.92 Å². The van der Waals surface area contributed by atoms with Gasteiger partial charge in [-0.3, -0.25) is 5.43 Å². The Kier molecular flexibility index (Phi) is 2.65. The largest absolute Gasteiger partial charge is 0.354 e. The van der Waals surface area contributed by atoms with Gasteiger partial charge in [-0.05, 0) is 18.6 Å². The average Bonchev–Trinajstić information content (AvgIpc) is 2.77. The van der Waals surface area contributed by atoms with Crippen LogP contribution in [0.4, 0.5) is 0 Å². The fourth-order valence-corrected chi connectivity index (χ4v) is 2.98. The summed E-state index contributed by atoms with van der Waals surface area (Å²) in [6.07, 6.45) is 1.84. The van der Waals surface area contributed by atoms with Crippen LogP contribution in [0.15, 0.2) is 47.6 Å². The zero-order valence-corrected chi connectivity index (χ0v) is 12.3. The highest BCUT2D eigenvalue weighted by molar-refractivity contribution is 7.80. The molecular weight excluding hydrogens is 278 g/mol. The summed E-state index contributed by atoms with van der Waals surface area (Å²) >= 11 is 5.38. The van der Waals surface area contributed by atoms with Gasteiger partial charge in [-0.25, -0.2) is 0 Å². The predicted octanol–water partition coefficient (Wildman–Crippen LogP) is 3.76. The molecule has 0 amide bonds. The number of nitrogens with one attached hydrogen (secondary N) is 2. The van der Waals surface area contributed by atoms with E-state index in [4.69, 9.17) is 12.2 Å². The molecule has 3 aromatic rings. The summed E-state index contributed by atoms with van der Waals surface area (Å²) in [7, 11) is 0. The van der Waals surface area contributed by atoms with Gasteiger partial charge in [0.25, 0.3) is 0 Å². The van der Waals surface area contributed by atoms with Crippen molar-refractivity contribution in [1.29, 1.82) is 0 Å². The predicted molar refractivity (Wildman–Crippen MR) is 90.9 cm³/mol. The van der Waals surface area contributed by atoms with Gasteiger partial charge in [0.05, 0.1) is 11.9 Å². The first-order chi connectivity index (χ1) is 10.2. The van der Waals surface area contributed by atoms with E-state index < -0.39 is 0 Å². The van der Waals surface area contributed by atoms with Crippen LogP contribution in [-0.4, -0.2) is 16.2 Å². The van der Waals surface area contributed by atoms with E-state index in [1.807, 2.05) is 18.3 Å². The summed E-state index contributed by atoms with van der Waals surface area (Å²) in [6, 6.07) is 14.6. The van der Waals surface area contributed by atoms with Crippen molar-refractivity contribution in [3.05, 3.63) is 59.2 Å². The lowest BCUT2D eigenvalue weighted by Gasteiger charge is -2.02. The second kappa shape index (κ2) is 4.53. The number of aromatic nitrogens is 1. The Bertz CT molecular complexity index is 888. The molecule has 1 aliphatic rings. The molecule has 102 valence electrons. The van der Waals surface area contributed by atoms with Gasteiger partial charge in [0, 0.05) is 22.0 Å². The van der Waals surface area contributed by atoms with Crippen LogP contribution in [0.2, 0.25) is 0 Å². The van der Waals surface area contributed by atoms with E-state index in [1.54, 1.807) is 0 Å². The van der Waals surface area contributed by atoms with Crippen LogP contribution in [0.5, 0.6) is 0 Å². The van der Waals surface area contributed by atoms with Gasteiger partial charge in [-0.1, -0.05) is 54.2 Å². The van der Waals surface area contributed by atoms with E-state index in [0.29, 0.717) is 4.99 Å². The molecule has 0 bridgehead atoms. The first-order valence-corrected chi connectivity index (χ1v) is 7.20. The molecule has 0 aliphatic carbocycles. The SMILES string of the molecule is Cc1ccc(-c2[nH]c3cccc4c3c2C=NNC4=S)cc1. The van der Waals surface area contributed by atoms with E-state index in [-0.39, 0.29) is 0 Å². The molecule has 3 nitrogen and oxygen atoms in total. The number of nitrogens with zero attached hydrogens (tertiary/aromatic N) is 1. The fraction of sp³-hybridized carbons (Fsp3) is 0.0588. The molecule has 0 saturated heterocycles. The van der Waals surface area contributed by atoms with Crippen molar-refractivity contribution in [2.75, 3.05) is 0 Å². The highest BCUT2D eigenvalue weighted by atomic mass is 32.1. The van der Waals surface area contributed by atoms with Gasteiger partial charge >= 0.3 is 0 Å². The zero-order chi connectivity index (χ0) is 14.4. The van der Waals surface area contributed by atoms with Crippen LogP contribution in [0, 0.1) is 6.92 Å². The number of rotatable bonds is 1. The van der Waals surface area contributed by atoms with E-state index in [9.17, 15) is 0 Å². The van der Waals surface area contributed by atoms with Gasteiger partial charge in [-0.15, -0.1) is 0 Å². The zero-order valence-electron chi connectivity index (χ0n) is 11.5. The van der Waals surface area contributed by atoms with Gasteiger partial charge in [0.15, 0.2) is 0 Å². The summed E-state index contributed by atoms with van der Waals surface area (Å²) in [5.41, 5.74) is 9.56. The standard InChI is InChI=1S/C17H13N3S/c1-10-5-7-11(8-6-10)16-13-9-18-20-17(21)12-3-2-4-14(19-16)15(12)13/h2-9,19H,1H3,(H,20,21). The summed E-state index contributed by atoms with van der Waals surface area (Å²) < 4.78 is 0. The topological polar surface area (TPSA) is 40.2 Å². The minimum atomic E-state index is 0.657. The van der Waals surface area contributed by atoms with Crippen molar-refractivity contribution in [3.8, 4) is 11.3 Å². The Labute approximate surface area is 127 Å². The second-order valence-electron chi connectivity index (χ2n) is 5.21. The van der Waals surface area contributed by atoms with Crippen LogP contribution in [-0.2, 0) is 0 Å². The number of aromatic amines is 1. The molecule has 0 saturated carbocycles. The van der Waals surface area contributed by atoms with Crippen molar-refractivity contribution in [2.24, 2.45) is 5.10 Å². The van der Waals surface area contributed by atoms with Gasteiger partial charge in [0.1, 0.15) is 4.99 Å². The third-order valence-corrected chi connectivity index (χ3v) is 4.12. The molecule has 4 rings (SSSR count). The van der Waals surface area contributed by atoms with Gasteiger partial charge in [0.2, 0.25) is 0 Å². The number of H-pyrrole nitrogens is 1. The maximum atomic E-state index is 5.38. The van der Waals surface area contributed by atoms with Crippen LogP contribution in [0.25, 0.3) is 22.2 Å². The monoisotopic (exact) mass is 291 g/mol. The maximum Gasteiger partial charge on any atom is 0.127 e. The quantitative estimate of drug-likeness (QED) is 0.670. The Morgan fingerprint density at radius 3 is 2.67 bits per heavy atom. The lowest BCUT2D eigenvalue weighted by atomic mass is 10.0. The van der Waals surface area contributed by atoms with Crippen molar-refractivity contribution in [3.63, 3.8) is 0 Å². The smallest absolute Gasteiger partial charge is 0.127 e. The Hall–Kier alpha value is -2.46. The number of benzene rings is 2. The summed E-state index contributed by atoms with van der Waals surface area (Å²) in [5.74, 6) is 0. The summed E-state index contributed by atoms with van der Waals surface area (Å²) in [5, 5.41) is 5.36. The third-order valence-electron chi connectivity index (χ3n) is 3.81. The van der Waals surface area contributed by atoms with E-state index in [1.165, 1.54) is 5.56 Å². The number of hydrogen-bond donors (Lipinski definition) is 2. The molecule has 1 aromatic heterocycles. The number of thiocarbonyl (C=S) groups is 1. The molecule has 0 fully saturated rings. The van der Waals surface area contributed by atoms with Crippen LogP contribution >= 0.6 is 12.2 Å². The van der Waals surface area contributed by atoms with E-state index >= 15 is 0 Å².